The molecule has 9 fully saturated rings. The molecule has 0 radical (unpaired) electrons. The first-order valence-electron chi connectivity index (χ1n) is 26.8. The minimum Gasteiger partial charge on any atom is -0.458 e. The third kappa shape index (κ3) is 8.08. The lowest BCUT2D eigenvalue weighted by molar-refractivity contribution is -0.382. The fourth-order valence-electron chi connectivity index (χ4n) is 16.9. The number of aldehydes is 1. The number of aliphatic hydroxyl groups is 10. The van der Waals surface area contributed by atoms with Gasteiger partial charge in [-0.1, -0.05) is 59.7 Å². The Hall–Kier alpha value is -2.32. The number of aliphatic hydroxyl groups excluding tert-OH is 10. The molecule has 416 valence electrons. The molecule has 20 nitrogen and oxygen atoms in total. The molecule has 5 aliphatic carbocycles. The summed E-state index contributed by atoms with van der Waals surface area (Å²) in [5.74, 6) is -0.439. The van der Waals surface area contributed by atoms with Crippen molar-refractivity contribution in [3.05, 3.63) is 35.9 Å². The molecule has 0 amide bonds. The van der Waals surface area contributed by atoms with Gasteiger partial charge in [-0.2, -0.15) is 0 Å². The number of hydrogen-bond donors (Lipinski definition) is 10. The Morgan fingerprint density at radius 2 is 1.28 bits per heavy atom. The van der Waals surface area contributed by atoms with Crippen molar-refractivity contribution in [3.8, 4) is 0 Å². The Balaban J connectivity index is 0.888. The van der Waals surface area contributed by atoms with Crippen molar-refractivity contribution in [2.24, 2.45) is 50.2 Å². The Morgan fingerprint density at radius 1 is 0.662 bits per heavy atom. The maximum absolute atomic E-state index is 13.5. The van der Waals surface area contributed by atoms with Crippen molar-refractivity contribution in [2.75, 3.05) is 19.8 Å². The highest BCUT2D eigenvalue weighted by Crippen LogP contribution is 2.83. The second kappa shape index (κ2) is 19.2. The number of carbonyl (C=O) groups excluding carboxylic acids is 2. The molecule has 5 saturated carbocycles. The molecule has 1 aromatic carbocycles. The average molecular weight is 1050 g/mol. The number of carbonyl (C=O) groups is 2. The Morgan fingerprint density at radius 3 is 1.89 bits per heavy atom. The van der Waals surface area contributed by atoms with Crippen LogP contribution in [0.15, 0.2) is 30.3 Å². The summed E-state index contributed by atoms with van der Waals surface area (Å²) in [5.41, 5.74) is -3.50. The maximum Gasteiger partial charge on any atom is 0.338 e. The molecular weight excluding hydrogens is 969 g/mol. The fraction of sp³-hybridized carbons (Fsp3) is 0.852. The van der Waals surface area contributed by atoms with Crippen LogP contribution in [0.5, 0.6) is 0 Å². The molecule has 9 aliphatic rings. The highest BCUT2D eigenvalue weighted by atomic mass is 16.8. The Labute approximate surface area is 431 Å². The van der Waals surface area contributed by atoms with Gasteiger partial charge in [-0.15, -0.1) is 0 Å². The summed E-state index contributed by atoms with van der Waals surface area (Å²) in [6.45, 7) is 13.5. The monoisotopic (exact) mass is 1050 g/mol. The van der Waals surface area contributed by atoms with E-state index in [1.807, 2.05) is 13.0 Å². The van der Waals surface area contributed by atoms with Crippen LogP contribution >= 0.6 is 0 Å². The smallest absolute Gasteiger partial charge is 0.338 e. The number of rotatable bonds is 11. The van der Waals surface area contributed by atoms with Crippen molar-refractivity contribution in [1.29, 1.82) is 0 Å². The van der Waals surface area contributed by atoms with Gasteiger partial charge in [0.15, 0.2) is 18.9 Å². The van der Waals surface area contributed by atoms with Crippen molar-refractivity contribution in [2.45, 2.75) is 216 Å². The second-order valence-electron chi connectivity index (χ2n) is 25.5. The fourth-order valence-corrected chi connectivity index (χ4v) is 16.9. The highest BCUT2D eigenvalue weighted by molar-refractivity contribution is 5.89. The molecule has 27 atom stereocenters. The van der Waals surface area contributed by atoms with Gasteiger partial charge in [0.05, 0.1) is 49.1 Å². The number of esters is 1. The van der Waals surface area contributed by atoms with E-state index in [0.717, 1.165) is 32.0 Å². The van der Waals surface area contributed by atoms with Gasteiger partial charge in [0.1, 0.15) is 85.1 Å². The lowest BCUT2D eigenvalue weighted by atomic mass is 9.31. The third-order valence-corrected chi connectivity index (χ3v) is 21.5. The van der Waals surface area contributed by atoms with Crippen LogP contribution in [0.3, 0.4) is 0 Å². The summed E-state index contributed by atoms with van der Waals surface area (Å²) in [7, 11) is 0. The van der Waals surface area contributed by atoms with Crippen LogP contribution < -0.4 is 0 Å². The van der Waals surface area contributed by atoms with Crippen molar-refractivity contribution in [1.82, 2.24) is 0 Å². The van der Waals surface area contributed by atoms with E-state index in [1.165, 1.54) is 0 Å². The van der Waals surface area contributed by atoms with E-state index < -0.39 is 151 Å². The van der Waals surface area contributed by atoms with E-state index in [1.54, 1.807) is 24.3 Å². The number of benzene rings is 1. The number of ether oxygens (including phenoxy) is 8. The molecule has 4 aliphatic heterocycles. The number of hydrogen-bond acceptors (Lipinski definition) is 20. The largest absolute Gasteiger partial charge is 0.458 e. The zero-order chi connectivity index (χ0) is 53.5. The molecule has 4 saturated heterocycles. The zero-order valence-electron chi connectivity index (χ0n) is 43.4. The lowest BCUT2D eigenvalue weighted by Crippen LogP contribution is -2.73. The number of fused-ring (bicyclic) bond motifs is 5. The topological polar surface area (TPSA) is 314 Å². The van der Waals surface area contributed by atoms with Gasteiger partial charge in [-0.25, -0.2) is 4.79 Å². The van der Waals surface area contributed by atoms with Gasteiger partial charge in [-0.05, 0) is 98.5 Å². The molecule has 1 aromatic rings. The van der Waals surface area contributed by atoms with E-state index in [-0.39, 0.29) is 41.3 Å². The van der Waals surface area contributed by atoms with E-state index in [2.05, 4.69) is 41.5 Å². The lowest BCUT2D eigenvalue weighted by Gasteiger charge is -2.73. The SMILES string of the molecule is CC1(C)[C@@H](O[C@@H]2OC[C@H](O[C@@H]3O[C@H](CO)[C@@H](O)[C@H](O)[C@H]3O)[C@H](O)[C@H]2O[C@@H]2O[C@H](CO)[C@@H](O)[C@H](O)[C@H]2O)CC[C@]2(C)[C@H]3C[C@H]4O[C@]45[C@@H]4C[C@@](C)(C=O)[C@@H](OC(=O)c6ccccc6)C[C@]4(C)[C@@H](O)C[C@@]5(C)[C@]3(C)CC[C@@H]12. The first-order valence-corrected chi connectivity index (χ1v) is 26.8. The van der Waals surface area contributed by atoms with Crippen LogP contribution in [0.1, 0.15) is 110 Å². The van der Waals surface area contributed by atoms with Crippen LogP contribution in [0.2, 0.25) is 0 Å². The molecule has 0 bridgehead atoms. The minimum atomic E-state index is -1.85. The van der Waals surface area contributed by atoms with Crippen molar-refractivity contribution in [3.63, 3.8) is 0 Å². The molecule has 10 rings (SSSR count). The van der Waals surface area contributed by atoms with Gasteiger partial charge in [0.2, 0.25) is 0 Å². The van der Waals surface area contributed by atoms with Crippen molar-refractivity contribution < 1.29 is 98.5 Å². The first kappa shape index (κ1) is 55.0. The molecule has 20 heteroatoms. The summed E-state index contributed by atoms with van der Waals surface area (Å²) in [6, 6.07) is 8.74. The highest BCUT2D eigenvalue weighted by Gasteiger charge is 2.86. The maximum atomic E-state index is 13.5. The van der Waals surface area contributed by atoms with Gasteiger partial charge < -0.3 is 93.8 Å². The molecule has 0 unspecified atom stereocenters. The van der Waals surface area contributed by atoms with Gasteiger partial charge in [-0.3, -0.25) is 0 Å². The predicted molar refractivity (Wildman–Crippen MR) is 255 cm³/mol. The summed E-state index contributed by atoms with van der Waals surface area (Å²) >= 11 is 0. The van der Waals surface area contributed by atoms with Crippen LogP contribution in [-0.2, 0) is 42.7 Å². The van der Waals surface area contributed by atoms with E-state index in [9.17, 15) is 60.7 Å². The van der Waals surface area contributed by atoms with E-state index in [4.69, 9.17) is 37.9 Å². The zero-order valence-corrected chi connectivity index (χ0v) is 43.4. The van der Waals surface area contributed by atoms with Gasteiger partial charge in [0.25, 0.3) is 0 Å². The summed E-state index contributed by atoms with van der Waals surface area (Å²) in [4.78, 5) is 26.7. The Kier molecular flexibility index (Phi) is 14.3. The third-order valence-electron chi connectivity index (χ3n) is 21.5. The molecule has 4 heterocycles. The van der Waals surface area contributed by atoms with Crippen molar-refractivity contribution >= 4 is 12.3 Å². The summed E-state index contributed by atoms with van der Waals surface area (Å²) in [5, 5.41) is 108. The summed E-state index contributed by atoms with van der Waals surface area (Å²) in [6.07, 6.45) is -18.8. The molecule has 74 heavy (non-hydrogen) atoms. The van der Waals surface area contributed by atoms with Crippen LogP contribution in [0.4, 0.5) is 0 Å². The van der Waals surface area contributed by atoms with E-state index >= 15 is 0 Å². The predicted octanol–water partition coefficient (Wildman–Crippen LogP) is 0.477. The quantitative estimate of drug-likeness (QED) is 0.0624. The standard InChI is InChI=1S/C54H80O20/c1-48(2)29-13-16-52(6)30(17-34-54(74-34)31-18-49(3,24-57)35(71-44(66)25-11-9-8-10-12-25)20-51(31,5)32(58)19-53(52,54)7)50(29,4)15-14-33(48)72-47-43(73-46-42(65)40(63)37(60)27(22-56)69-46)38(61)28(23-67-47)70-45-41(64)39(62)36(59)26(21-55)68-45/h8-12,24,26-43,45-47,55-56,58-65H,13-23H2,1-7H3/t26-,27-,28+,29+,30-,31-,32+,33+,34-,35+,36-,37-,38+,39+,40+,41-,42-,43-,45+,46+,47+,49+,50+,51+,52-,53+,54-/m1/s1. The molecular formula is C54H80O20. The normalized spacial score (nSPS) is 54.5. The van der Waals surface area contributed by atoms with Gasteiger partial charge >= 0.3 is 5.97 Å². The second-order valence-corrected chi connectivity index (χ2v) is 25.5. The number of epoxide rings is 1. The molecule has 0 aromatic heterocycles. The first-order chi connectivity index (χ1) is 34.8. The minimum absolute atomic E-state index is 0.0918. The Bertz CT molecular complexity index is 2220. The van der Waals surface area contributed by atoms with Crippen LogP contribution in [0, 0.1) is 50.2 Å². The van der Waals surface area contributed by atoms with E-state index in [0.29, 0.717) is 31.2 Å². The average Bonchev–Trinajstić information content (AvgIpc) is 4.17. The molecule has 1 spiro atoms. The molecule has 10 N–H and O–H groups in total. The van der Waals surface area contributed by atoms with Gasteiger partial charge in [0, 0.05) is 16.7 Å². The van der Waals surface area contributed by atoms with Crippen LogP contribution in [0.25, 0.3) is 0 Å². The van der Waals surface area contributed by atoms with Crippen LogP contribution in [-0.4, -0.2) is 199 Å². The summed E-state index contributed by atoms with van der Waals surface area (Å²) < 4.78 is 50.0.